The molecule has 2 aromatic carbocycles. The van der Waals surface area contributed by atoms with E-state index in [1.54, 1.807) is 18.2 Å². The SMILES string of the molecule is Cc1cccc(O[C@H](C)C(=O)OCC(=O)Nc2cccc(S(N)(=O)=O)c2)c1. The highest BCUT2D eigenvalue weighted by Crippen LogP contribution is 2.15. The fourth-order valence-corrected chi connectivity index (χ4v) is 2.70. The van der Waals surface area contributed by atoms with Crippen LogP contribution in [0.4, 0.5) is 5.69 Å². The van der Waals surface area contributed by atoms with Crippen molar-refractivity contribution in [2.24, 2.45) is 5.14 Å². The van der Waals surface area contributed by atoms with E-state index in [2.05, 4.69) is 5.32 Å². The van der Waals surface area contributed by atoms with E-state index in [-0.39, 0.29) is 10.6 Å². The predicted molar refractivity (Wildman–Crippen MR) is 98.7 cm³/mol. The summed E-state index contributed by atoms with van der Waals surface area (Å²) in [6.07, 6.45) is -0.898. The molecule has 0 fully saturated rings. The molecule has 0 bridgehead atoms. The lowest BCUT2D eigenvalue weighted by Gasteiger charge is -2.14. The number of amides is 1. The van der Waals surface area contributed by atoms with Gasteiger partial charge < -0.3 is 14.8 Å². The molecule has 1 atom stereocenters. The Bertz CT molecular complexity index is 942. The number of aryl methyl sites for hydroxylation is 1. The normalized spacial score (nSPS) is 12.1. The van der Waals surface area contributed by atoms with Gasteiger partial charge in [0.1, 0.15) is 5.75 Å². The quantitative estimate of drug-likeness (QED) is 0.690. The topological polar surface area (TPSA) is 125 Å². The molecular formula is C18H20N2O6S. The first-order chi connectivity index (χ1) is 12.6. The first-order valence-electron chi connectivity index (χ1n) is 7.98. The van der Waals surface area contributed by atoms with E-state index in [0.29, 0.717) is 5.75 Å². The number of hydrogen-bond donors (Lipinski definition) is 2. The number of nitrogens with two attached hydrogens (primary N) is 1. The second-order valence-corrected chi connectivity index (χ2v) is 7.37. The van der Waals surface area contributed by atoms with E-state index in [1.807, 2.05) is 13.0 Å². The van der Waals surface area contributed by atoms with E-state index in [9.17, 15) is 18.0 Å². The lowest BCUT2D eigenvalue weighted by atomic mass is 10.2. The van der Waals surface area contributed by atoms with Crippen LogP contribution in [-0.2, 0) is 24.3 Å². The van der Waals surface area contributed by atoms with Crippen molar-refractivity contribution >= 4 is 27.6 Å². The van der Waals surface area contributed by atoms with Crippen molar-refractivity contribution in [1.82, 2.24) is 0 Å². The van der Waals surface area contributed by atoms with Crippen LogP contribution in [-0.4, -0.2) is 33.0 Å². The van der Waals surface area contributed by atoms with Crippen LogP contribution >= 0.6 is 0 Å². The largest absolute Gasteiger partial charge is 0.479 e. The molecule has 0 aromatic heterocycles. The average Bonchev–Trinajstić information content (AvgIpc) is 2.59. The van der Waals surface area contributed by atoms with Gasteiger partial charge in [-0.15, -0.1) is 0 Å². The molecule has 0 aliphatic rings. The number of primary sulfonamides is 1. The van der Waals surface area contributed by atoms with Gasteiger partial charge in [0.05, 0.1) is 4.90 Å². The highest BCUT2D eigenvalue weighted by Gasteiger charge is 2.18. The number of benzene rings is 2. The molecule has 0 saturated heterocycles. The monoisotopic (exact) mass is 392 g/mol. The van der Waals surface area contributed by atoms with Gasteiger partial charge in [-0.2, -0.15) is 0 Å². The molecule has 27 heavy (non-hydrogen) atoms. The Morgan fingerprint density at radius 2 is 1.85 bits per heavy atom. The first kappa shape index (κ1) is 20.4. The van der Waals surface area contributed by atoms with Crippen molar-refractivity contribution in [3.63, 3.8) is 0 Å². The van der Waals surface area contributed by atoms with Crippen LogP contribution in [0.15, 0.2) is 53.4 Å². The zero-order valence-corrected chi connectivity index (χ0v) is 15.7. The van der Waals surface area contributed by atoms with Gasteiger partial charge in [-0.1, -0.05) is 18.2 Å². The lowest BCUT2D eigenvalue weighted by molar-refractivity contribution is -0.153. The molecule has 0 aliphatic carbocycles. The summed E-state index contributed by atoms with van der Waals surface area (Å²) in [5, 5.41) is 7.47. The minimum atomic E-state index is -3.88. The summed E-state index contributed by atoms with van der Waals surface area (Å²) in [6, 6.07) is 12.6. The van der Waals surface area contributed by atoms with Gasteiger partial charge in [0.15, 0.2) is 12.7 Å². The van der Waals surface area contributed by atoms with Crippen molar-refractivity contribution in [2.45, 2.75) is 24.8 Å². The Kier molecular flexibility index (Phi) is 6.54. The van der Waals surface area contributed by atoms with Crippen molar-refractivity contribution in [1.29, 1.82) is 0 Å². The Hall–Kier alpha value is -2.91. The number of carbonyl (C=O) groups is 2. The lowest BCUT2D eigenvalue weighted by Crippen LogP contribution is -2.29. The van der Waals surface area contributed by atoms with Gasteiger partial charge in [-0.3, -0.25) is 4.79 Å². The number of sulfonamides is 1. The molecule has 0 saturated carbocycles. The van der Waals surface area contributed by atoms with Crippen LogP contribution < -0.4 is 15.2 Å². The third kappa shape index (κ3) is 6.39. The standard InChI is InChI=1S/C18H20N2O6S/c1-12-5-3-7-15(9-12)26-13(2)18(22)25-11-17(21)20-14-6-4-8-16(10-14)27(19,23)24/h3-10,13H,11H2,1-2H3,(H,20,21)(H2,19,23,24)/t13-/m1/s1. The Balaban J connectivity index is 1.87. The van der Waals surface area contributed by atoms with E-state index < -0.39 is 34.6 Å². The molecule has 0 heterocycles. The maximum absolute atomic E-state index is 12.0. The second kappa shape index (κ2) is 8.65. The average molecular weight is 392 g/mol. The third-order valence-corrected chi connectivity index (χ3v) is 4.34. The minimum absolute atomic E-state index is 0.141. The molecule has 2 aromatic rings. The van der Waals surface area contributed by atoms with Gasteiger partial charge >= 0.3 is 5.97 Å². The van der Waals surface area contributed by atoms with Gasteiger partial charge in [-0.25, -0.2) is 18.4 Å². The Morgan fingerprint density at radius 1 is 1.15 bits per heavy atom. The van der Waals surface area contributed by atoms with Crippen molar-refractivity contribution in [3.05, 3.63) is 54.1 Å². The Morgan fingerprint density at radius 3 is 2.52 bits per heavy atom. The van der Waals surface area contributed by atoms with Crippen LogP contribution in [0.3, 0.4) is 0 Å². The molecule has 1 amide bonds. The fourth-order valence-electron chi connectivity index (χ4n) is 2.14. The van der Waals surface area contributed by atoms with Crippen LogP contribution in [0, 0.1) is 6.92 Å². The van der Waals surface area contributed by atoms with Crippen LogP contribution in [0.25, 0.3) is 0 Å². The molecule has 9 heteroatoms. The molecule has 0 aliphatic heterocycles. The Labute approximate surface area is 157 Å². The molecule has 0 unspecified atom stereocenters. The zero-order chi connectivity index (χ0) is 20.0. The summed E-state index contributed by atoms with van der Waals surface area (Å²) in [4.78, 5) is 23.7. The molecule has 8 nitrogen and oxygen atoms in total. The summed E-state index contributed by atoms with van der Waals surface area (Å²) in [6.45, 7) is 2.86. The second-order valence-electron chi connectivity index (χ2n) is 5.81. The van der Waals surface area contributed by atoms with Gasteiger partial charge in [-0.05, 0) is 49.7 Å². The fraction of sp³-hybridized carbons (Fsp3) is 0.222. The summed E-state index contributed by atoms with van der Waals surface area (Å²) >= 11 is 0. The number of esters is 1. The summed E-state index contributed by atoms with van der Waals surface area (Å²) in [7, 11) is -3.88. The third-order valence-electron chi connectivity index (χ3n) is 3.43. The number of hydrogen-bond acceptors (Lipinski definition) is 6. The van der Waals surface area contributed by atoms with Crippen LogP contribution in [0.1, 0.15) is 12.5 Å². The van der Waals surface area contributed by atoms with Crippen molar-refractivity contribution < 1.29 is 27.5 Å². The van der Waals surface area contributed by atoms with Gasteiger partial charge in [0.2, 0.25) is 10.0 Å². The number of ether oxygens (including phenoxy) is 2. The summed E-state index contributed by atoms with van der Waals surface area (Å²) in [5.74, 6) is -0.814. The molecule has 2 rings (SSSR count). The number of anilines is 1. The van der Waals surface area contributed by atoms with E-state index >= 15 is 0 Å². The smallest absolute Gasteiger partial charge is 0.347 e. The number of nitrogens with one attached hydrogen (secondary N) is 1. The summed E-state index contributed by atoms with van der Waals surface area (Å²) in [5.41, 5.74) is 1.20. The maximum Gasteiger partial charge on any atom is 0.347 e. The van der Waals surface area contributed by atoms with Gasteiger partial charge in [0.25, 0.3) is 5.91 Å². The minimum Gasteiger partial charge on any atom is -0.479 e. The van der Waals surface area contributed by atoms with E-state index in [0.717, 1.165) is 5.56 Å². The molecule has 0 spiro atoms. The van der Waals surface area contributed by atoms with Crippen LogP contribution in [0.5, 0.6) is 5.75 Å². The number of rotatable bonds is 7. The van der Waals surface area contributed by atoms with Gasteiger partial charge in [0, 0.05) is 5.69 Å². The number of carbonyl (C=O) groups excluding carboxylic acids is 2. The highest BCUT2D eigenvalue weighted by atomic mass is 32.2. The first-order valence-corrected chi connectivity index (χ1v) is 9.52. The molecule has 3 N–H and O–H groups in total. The van der Waals surface area contributed by atoms with E-state index in [4.69, 9.17) is 14.6 Å². The van der Waals surface area contributed by atoms with Crippen molar-refractivity contribution in [3.8, 4) is 5.75 Å². The molecule has 144 valence electrons. The highest BCUT2D eigenvalue weighted by molar-refractivity contribution is 7.89. The predicted octanol–water partition coefficient (Wildman–Crippen LogP) is 1.59. The maximum atomic E-state index is 12.0. The van der Waals surface area contributed by atoms with Crippen LogP contribution in [0.2, 0.25) is 0 Å². The summed E-state index contributed by atoms with van der Waals surface area (Å²) < 4.78 is 33.0. The molecular weight excluding hydrogens is 372 g/mol. The van der Waals surface area contributed by atoms with E-state index in [1.165, 1.54) is 31.2 Å². The molecule has 0 radical (unpaired) electrons. The van der Waals surface area contributed by atoms with Crippen molar-refractivity contribution in [2.75, 3.05) is 11.9 Å². The zero-order valence-electron chi connectivity index (χ0n) is 14.8.